The third-order valence-electron chi connectivity index (χ3n) is 6.67. The van der Waals surface area contributed by atoms with E-state index in [4.69, 9.17) is 0 Å². The number of rotatable bonds is 1. The molecular weight excluding hydrogens is 256 g/mol. The summed E-state index contributed by atoms with van der Waals surface area (Å²) in [5.74, 6) is 1.11. The van der Waals surface area contributed by atoms with E-state index in [1.165, 1.54) is 17.5 Å². The van der Waals surface area contributed by atoms with Crippen molar-refractivity contribution in [3.63, 3.8) is 0 Å². The average molecular weight is 284 g/mol. The zero-order valence-electron chi connectivity index (χ0n) is 14.3. The average Bonchev–Trinajstić information content (AvgIpc) is 2.70. The van der Waals surface area contributed by atoms with Crippen molar-refractivity contribution in [3.8, 4) is 0 Å². The van der Waals surface area contributed by atoms with Gasteiger partial charge in [-0.05, 0) is 40.7 Å². The van der Waals surface area contributed by atoms with Crippen molar-refractivity contribution in [2.75, 3.05) is 0 Å². The number of hydrogen-bond acceptors (Lipinski definition) is 1. The van der Waals surface area contributed by atoms with E-state index in [1.807, 2.05) is 0 Å². The molecule has 0 aromatic heterocycles. The molecule has 3 atom stereocenters. The summed E-state index contributed by atoms with van der Waals surface area (Å²) in [6.07, 6.45) is 2.26. The molecule has 2 fully saturated rings. The zero-order valence-corrected chi connectivity index (χ0v) is 14.3. The van der Waals surface area contributed by atoms with Gasteiger partial charge in [0.25, 0.3) is 0 Å². The van der Waals surface area contributed by atoms with Crippen LogP contribution < -0.4 is 0 Å². The van der Waals surface area contributed by atoms with Crippen LogP contribution in [0.1, 0.15) is 71.4 Å². The highest BCUT2D eigenvalue weighted by Gasteiger charge is 2.66. The molecule has 0 amide bonds. The van der Waals surface area contributed by atoms with E-state index < -0.39 is 0 Å². The third-order valence-corrected chi connectivity index (χ3v) is 6.67. The molecule has 3 unspecified atom stereocenters. The van der Waals surface area contributed by atoms with Crippen LogP contribution in [0.4, 0.5) is 0 Å². The quantitative estimate of drug-likeness (QED) is 0.701. The van der Waals surface area contributed by atoms with Gasteiger partial charge in [0.1, 0.15) is 5.78 Å². The van der Waals surface area contributed by atoms with Gasteiger partial charge in [-0.1, -0.05) is 65.8 Å². The topological polar surface area (TPSA) is 17.1 Å². The molecule has 0 radical (unpaired) electrons. The second kappa shape index (κ2) is 4.21. The van der Waals surface area contributed by atoms with E-state index in [0.29, 0.717) is 11.7 Å². The summed E-state index contributed by atoms with van der Waals surface area (Å²) in [6, 6.07) is 8.82. The third kappa shape index (κ3) is 1.86. The van der Waals surface area contributed by atoms with Gasteiger partial charge in [-0.15, -0.1) is 0 Å². The second-order valence-corrected chi connectivity index (χ2v) is 8.91. The molecule has 0 spiro atoms. The van der Waals surface area contributed by atoms with Gasteiger partial charge in [0.2, 0.25) is 0 Å². The van der Waals surface area contributed by atoms with Gasteiger partial charge >= 0.3 is 0 Å². The first-order valence-corrected chi connectivity index (χ1v) is 8.24. The van der Waals surface area contributed by atoms with Gasteiger partial charge < -0.3 is 0 Å². The molecule has 1 aromatic rings. The molecule has 0 saturated heterocycles. The zero-order chi connectivity index (χ0) is 15.6. The maximum Gasteiger partial charge on any atom is 0.147 e. The van der Waals surface area contributed by atoms with Gasteiger partial charge in [0.05, 0.1) is 0 Å². The number of Topliss-reactive ketones (excluding diaryl/α,β-unsaturated/α-hetero) is 1. The number of ketones is 1. The van der Waals surface area contributed by atoms with Gasteiger partial charge in [0, 0.05) is 11.3 Å². The highest BCUT2D eigenvalue weighted by Crippen LogP contribution is 2.68. The van der Waals surface area contributed by atoms with Crippen LogP contribution in [-0.4, -0.2) is 5.78 Å². The van der Waals surface area contributed by atoms with Crippen molar-refractivity contribution >= 4 is 5.78 Å². The van der Waals surface area contributed by atoms with Gasteiger partial charge in [0.15, 0.2) is 0 Å². The minimum absolute atomic E-state index is 0.118. The molecule has 0 N–H and O–H groups in total. The number of hydrogen-bond donors (Lipinski definition) is 0. The Morgan fingerprint density at radius 3 is 2.05 bits per heavy atom. The largest absolute Gasteiger partial charge is 0.298 e. The first-order chi connectivity index (χ1) is 9.59. The van der Waals surface area contributed by atoms with Crippen molar-refractivity contribution in [3.05, 3.63) is 35.4 Å². The van der Waals surface area contributed by atoms with E-state index in [2.05, 4.69) is 65.8 Å². The summed E-state index contributed by atoms with van der Waals surface area (Å²) in [5, 5.41) is 0. The fourth-order valence-corrected chi connectivity index (χ4v) is 4.66. The fourth-order valence-electron chi connectivity index (χ4n) is 4.66. The minimum atomic E-state index is -0.120. The van der Waals surface area contributed by atoms with Crippen LogP contribution in [0.3, 0.4) is 0 Å². The standard InChI is InChI=1S/C20H28O/c1-18(2,3)14-9-7-13(8-10-14)16-15-11-12-20(6,17(16)21)19(15,4)5/h7-10,15-16H,11-12H2,1-6H3. The van der Waals surface area contributed by atoms with Crippen molar-refractivity contribution < 1.29 is 4.79 Å². The lowest BCUT2D eigenvalue weighted by molar-refractivity contribution is -0.129. The summed E-state index contributed by atoms with van der Waals surface area (Å²) in [6.45, 7) is 13.5. The summed E-state index contributed by atoms with van der Waals surface area (Å²) in [5.41, 5.74) is 2.76. The maximum atomic E-state index is 13.0. The van der Waals surface area contributed by atoms with Gasteiger partial charge in [-0.2, -0.15) is 0 Å². The highest BCUT2D eigenvalue weighted by molar-refractivity contribution is 5.95. The normalized spacial score (nSPS) is 34.5. The summed E-state index contributed by atoms with van der Waals surface area (Å²) in [4.78, 5) is 13.0. The molecule has 0 aliphatic heterocycles. The molecule has 3 rings (SSSR count). The Kier molecular flexibility index (Phi) is 2.97. The number of benzene rings is 1. The number of fused-ring (bicyclic) bond motifs is 2. The lowest BCUT2D eigenvalue weighted by Gasteiger charge is -2.32. The van der Waals surface area contributed by atoms with Crippen molar-refractivity contribution in [1.82, 2.24) is 0 Å². The Balaban J connectivity index is 1.98. The SMILES string of the molecule is CC(C)(C)c1ccc(C2C(=O)C3(C)CCC2C3(C)C)cc1. The lowest BCUT2D eigenvalue weighted by Crippen LogP contribution is -2.33. The molecule has 114 valence electrons. The van der Waals surface area contributed by atoms with E-state index >= 15 is 0 Å². The van der Waals surface area contributed by atoms with Crippen LogP contribution in [0.5, 0.6) is 0 Å². The Bertz CT molecular complexity index is 573. The molecule has 2 bridgehead atoms. The van der Waals surface area contributed by atoms with Crippen LogP contribution in [-0.2, 0) is 10.2 Å². The Labute approximate surface area is 129 Å². The van der Waals surface area contributed by atoms with E-state index in [9.17, 15) is 4.79 Å². The lowest BCUT2D eigenvalue weighted by atomic mass is 9.70. The molecule has 1 heteroatoms. The number of carbonyl (C=O) groups is 1. The second-order valence-electron chi connectivity index (χ2n) is 8.91. The Hall–Kier alpha value is -1.11. The van der Waals surface area contributed by atoms with E-state index in [1.54, 1.807) is 0 Å². The maximum absolute atomic E-state index is 13.0. The molecule has 2 aliphatic rings. The molecule has 0 heterocycles. The summed E-state index contributed by atoms with van der Waals surface area (Å²) >= 11 is 0. The summed E-state index contributed by atoms with van der Waals surface area (Å²) in [7, 11) is 0. The van der Waals surface area contributed by atoms with Crippen LogP contribution in [0.15, 0.2) is 24.3 Å². The van der Waals surface area contributed by atoms with Crippen molar-refractivity contribution in [1.29, 1.82) is 0 Å². The van der Waals surface area contributed by atoms with Gasteiger partial charge in [-0.25, -0.2) is 0 Å². The summed E-state index contributed by atoms with van der Waals surface area (Å²) < 4.78 is 0. The molecule has 2 aliphatic carbocycles. The predicted molar refractivity (Wildman–Crippen MR) is 87.5 cm³/mol. The number of carbonyl (C=O) groups excluding carboxylic acids is 1. The molecule has 1 aromatic carbocycles. The highest BCUT2D eigenvalue weighted by atomic mass is 16.1. The fraction of sp³-hybridized carbons (Fsp3) is 0.650. The van der Waals surface area contributed by atoms with Crippen LogP contribution >= 0.6 is 0 Å². The monoisotopic (exact) mass is 284 g/mol. The Morgan fingerprint density at radius 1 is 1.05 bits per heavy atom. The first-order valence-electron chi connectivity index (χ1n) is 8.24. The Morgan fingerprint density at radius 2 is 1.62 bits per heavy atom. The van der Waals surface area contributed by atoms with E-state index in [0.717, 1.165) is 6.42 Å². The minimum Gasteiger partial charge on any atom is -0.298 e. The predicted octanol–water partition coefficient (Wildman–Crippen LogP) is 5.09. The van der Waals surface area contributed by atoms with Crippen LogP contribution in [0.2, 0.25) is 0 Å². The molecule has 2 saturated carbocycles. The molecule has 1 nitrogen and oxygen atoms in total. The van der Waals surface area contributed by atoms with Crippen molar-refractivity contribution in [2.24, 2.45) is 16.7 Å². The van der Waals surface area contributed by atoms with Crippen molar-refractivity contribution in [2.45, 2.75) is 65.7 Å². The van der Waals surface area contributed by atoms with Gasteiger partial charge in [-0.3, -0.25) is 4.79 Å². The molecular formula is C20H28O. The van der Waals surface area contributed by atoms with E-state index in [-0.39, 0.29) is 22.2 Å². The van der Waals surface area contributed by atoms with Crippen LogP contribution in [0.25, 0.3) is 0 Å². The molecule has 21 heavy (non-hydrogen) atoms. The van der Waals surface area contributed by atoms with Crippen LogP contribution in [0, 0.1) is 16.7 Å². The smallest absolute Gasteiger partial charge is 0.147 e. The first kappa shape index (κ1) is 14.8.